The first-order valence-corrected chi connectivity index (χ1v) is 26.0. The highest BCUT2D eigenvalue weighted by molar-refractivity contribution is 6.30. The second kappa shape index (κ2) is 15.5. The number of nitrogens with zero attached hydrogens (tertiary/aromatic N) is 4. The van der Waals surface area contributed by atoms with Gasteiger partial charge >= 0.3 is 0 Å². The molecular formula is C68H64N4. The van der Waals surface area contributed by atoms with E-state index < -0.39 is 0 Å². The van der Waals surface area contributed by atoms with E-state index >= 15 is 0 Å². The van der Waals surface area contributed by atoms with E-state index in [1.165, 1.54) is 128 Å². The van der Waals surface area contributed by atoms with Crippen LogP contribution in [0.5, 0.6) is 0 Å². The Kier molecular flexibility index (Phi) is 9.54. The number of benzene rings is 10. The molecule has 3 aliphatic carbocycles. The molecule has 3 aliphatic rings. The molecule has 0 unspecified atom stereocenters. The molecule has 356 valence electrons. The van der Waals surface area contributed by atoms with Crippen LogP contribution >= 0.6 is 0 Å². The molecule has 0 heterocycles. The van der Waals surface area contributed by atoms with Gasteiger partial charge in [-0.25, -0.2) is 0 Å². The van der Waals surface area contributed by atoms with Crippen LogP contribution in [0.1, 0.15) is 86.9 Å². The number of anilines is 8. The molecular weight excluding hydrogens is 873 g/mol. The Morgan fingerprint density at radius 1 is 0.375 bits per heavy atom. The molecule has 0 radical (unpaired) electrons. The fraction of sp³-hybridized carbons (Fsp3) is 0.235. The molecule has 10 aromatic rings. The zero-order valence-electron chi connectivity index (χ0n) is 43.8. The highest BCUT2D eigenvalue weighted by Crippen LogP contribution is 2.59. The van der Waals surface area contributed by atoms with Crippen LogP contribution in [0.2, 0.25) is 0 Å². The standard InChI is InChI=1S/C68H64N4/c1-41-38-59(71(45-30-26-43(27-31-45)69(8)9)57-24-16-20-50-48-18-12-14-22-54(48)67(4,5)64(50)57)53-40-56-61-42(36-37-66(56,2)3)39-60(52-35-34-47(41)62(53)63(52)61)72(46-32-28-44(29-33-46)70(10)11)58-25-17-21-51-49-19-13-15-23-55(49)68(6,7)65(51)58/h12-35,38-40H,36-37H2,1-11H3. The summed E-state index contributed by atoms with van der Waals surface area (Å²) in [4.78, 5) is 9.62. The molecule has 0 bridgehead atoms. The van der Waals surface area contributed by atoms with Crippen LogP contribution in [-0.4, -0.2) is 28.2 Å². The summed E-state index contributed by atoms with van der Waals surface area (Å²) in [5.41, 5.74) is 24.1. The molecule has 0 saturated carbocycles. The van der Waals surface area contributed by atoms with Gasteiger partial charge in [0.25, 0.3) is 0 Å². The van der Waals surface area contributed by atoms with Crippen LogP contribution in [0.3, 0.4) is 0 Å². The smallest absolute Gasteiger partial charge is 0.0543 e. The van der Waals surface area contributed by atoms with Crippen molar-refractivity contribution in [3.8, 4) is 22.3 Å². The first-order valence-electron chi connectivity index (χ1n) is 26.0. The summed E-state index contributed by atoms with van der Waals surface area (Å²) in [6.45, 7) is 17.0. The summed E-state index contributed by atoms with van der Waals surface area (Å²) in [5.74, 6) is 0. The molecule has 0 aliphatic heterocycles. The lowest BCUT2D eigenvalue weighted by Gasteiger charge is -2.38. The van der Waals surface area contributed by atoms with Crippen LogP contribution in [0, 0.1) is 6.92 Å². The molecule has 72 heavy (non-hydrogen) atoms. The summed E-state index contributed by atoms with van der Waals surface area (Å²) in [6, 6.07) is 63.1. The van der Waals surface area contributed by atoms with Crippen molar-refractivity contribution in [1.82, 2.24) is 0 Å². The Bertz CT molecular complexity index is 3850. The van der Waals surface area contributed by atoms with Crippen LogP contribution in [-0.2, 0) is 22.7 Å². The monoisotopic (exact) mass is 937 g/mol. The Hall–Kier alpha value is -7.56. The number of hydrogen-bond acceptors (Lipinski definition) is 4. The van der Waals surface area contributed by atoms with Gasteiger partial charge in [0, 0.05) is 77.9 Å². The maximum absolute atomic E-state index is 2.62. The Balaban J connectivity index is 1.14. The third-order valence-electron chi connectivity index (χ3n) is 17.3. The highest BCUT2D eigenvalue weighted by Gasteiger charge is 2.42. The van der Waals surface area contributed by atoms with Crippen molar-refractivity contribution in [2.24, 2.45) is 0 Å². The van der Waals surface area contributed by atoms with E-state index in [-0.39, 0.29) is 16.2 Å². The van der Waals surface area contributed by atoms with Crippen LogP contribution < -0.4 is 19.6 Å². The van der Waals surface area contributed by atoms with Gasteiger partial charge in [0.1, 0.15) is 0 Å². The molecule has 0 amide bonds. The maximum atomic E-state index is 2.62. The van der Waals surface area contributed by atoms with Crippen molar-refractivity contribution < 1.29 is 0 Å². The largest absolute Gasteiger partial charge is 0.378 e. The van der Waals surface area contributed by atoms with Crippen LogP contribution in [0.15, 0.2) is 164 Å². The first kappa shape index (κ1) is 44.4. The second-order valence-corrected chi connectivity index (χ2v) is 23.1. The number of rotatable bonds is 8. The SMILES string of the molecule is Cc1cc(N(c2ccc(N(C)C)cc2)c2cccc3c2C(C)(C)c2ccccc2-3)c2cc3c4c(cc(N(c5ccc(N(C)C)cc5)c5cccc6c5C(C)(C)c5ccccc5-6)c5ccc1c2c54)CCC3(C)C. The Morgan fingerprint density at radius 2 is 0.833 bits per heavy atom. The third kappa shape index (κ3) is 6.17. The van der Waals surface area contributed by atoms with Gasteiger partial charge in [0.05, 0.1) is 22.7 Å². The van der Waals surface area contributed by atoms with Crippen molar-refractivity contribution in [2.75, 3.05) is 47.8 Å². The normalized spacial score (nSPS) is 15.4. The van der Waals surface area contributed by atoms with Crippen molar-refractivity contribution in [3.63, 3.8) is 0 Å². The maximum Gasteiger partial charge on any atom is 0.0543 e. The average Bonchev–Trinajstić information content (AvgIpc) is 3.76. The molecule has 0 N–H and O–H groups in total. The summed E-state index contributed by atoms with van der Waals surface area (Å²) >= 11 is 0. The van der Waals surface area contributed by atoms with Gasteiger partial charge in [-0.2, -0.15) is 0 Å². The molecule has 0 atom stereocenters. The van der Waals surface area contributed by atoms with Crippen molar-refractivity contribution in [3.05, 3.63) is 203 Å². The van der Waals surface area contributed by atoms with Gasteiger partial charge in [-0.1, -0.05) is 126 Å². The topological polar surface area (TPSA) is 13.0 Å². The van der Waals surface area contributed by atoms with Gasteiger partial charge in [0.2, 0.25) is 0 Å². The summed E-state index contributed by atoms with van der Waals surface area (Å²) in [6.07, 6.45) is 2.08. The minimum absolute atomic E-state index is 0.0446. The van der Waals surface area contributed by atoms with Crippen LogP contribution in [0.25, 0.3) is 54.6 Å². The van der Waals surface area contributed by atoms with Gasteiger partial charge in [-0.3, -0.25) is 0 Å². The summed E-state index contributed by atoms with van der Waals surface area (Å²) < 4.78 is 0. The first-order chi connectivity index (χ1) is 34.6. The predicted molar refractivity (Wildman–Crippen MR) is 309 cm³/mol. The predicted octanol–water partition coefficient (Wildman–Crippen LogP) is 17.8. The van der Waals surface area contributed by atoms with E-state index in [1.54, 1.807) is 0 Å². The zero-order chi connectivity index (χ0) is 49.7. The molecule has 0 fully saturated rings. The molecule has 0 saturated heterocycles. The average molecular weight is 937 g/mol. The minimum atomic E-state index is -0.220. The number of aryl methyl sites for hydroxylation is 2. The lowest BCUT2D eigenvalue weighted by molar-refractivity contribution is 0.475. The lowest BCUT2D eigenvalue weighted by Crippen LogP contribution is -2.24. The third-order valence-corrected chi connectivity index (χ3v) is 17.3. The Morgan fingerprint density at radius 3 is 1.35 bits per heavy atom. The van der Waals surface area contributed by atoms with E-state index in [4.69, 9.17) is 0 Å². The fourth-order valence-corrected chi connectivity index (χ4v) is 13.6. The van der Waals surface area contributed by atoms with Crippen LogP contribution in [0.4, 0.5) is 45.5 Å². The fourth-order valence-electron chi connectivity index (χ4n) is 13.6. The highest BCUT2D eigenvalue weighted by atomic mass is 15.2. The van der Waals surface area contributed by atoms with Gasteiger partial charge < -0.3 is 19.6 Å². The molecule has 4 nitrogen and oxygen atoms in total. The molecule has 0 spiro atoms. The second-order valence-electron chi connectivity index (χ2n) is 23.1. The lowest BCUT2D eigenvalue weighted by atomic mass is 9.70. The number of hydrogen-bond donors (Lipinski definition) is 0. The summed E-state index contributed by atoms with van der Waals surface area (Å²) in [5, 5.41) is 8.05. The molecule has 0 aromatic heterocycles. The van der Waals surface area contributed by atoms with Gasteiger partial charge in [-0.05, 0) is 181 Å². The molecule has 4 heteroatoms. The summed E-state index contributed by atoms with van der Waals surface area (Å²) in [7, 11) is 8.51. The van der Waals surface area contributed by atoms with Gasteiger partial charge in [0.15, 0.2) is 0 Å². The molecule has 10 aromatic carbocycles. The Labute approximate surface area is 426 Å². The van der Waals surface area contributed by atoms with E-state index in [2.05, 4.69) is 260 Å². The molecule has 13 rings (SSSR count). The van der Waals surface area contributed by atoms with E-state index in [9.17, 15) is 0 Å². The van der Waals surface area contributed by atoms with E-state index in [0.717, 1.165) is 24.2 Å². The van der Waals surface area contributed by atoms with Gasteiger partial charge in [-0.15, -0.1) is 0 Å². The van der Waals surface area contributed by atoms with E-state index in [0.29, 0.717) is 0 Å². The minimum Gasteiger partial charge on any atom is -0.378 e. The zero-order valence-corrected chi connectivity index (χ0v) is 43.8. The number of fused-ring (bicyclic) bond motifs is 6. The van der Waals surface area contributed by atoms with E-state index in [1.807, 2.05) is 0 Å². The quantitative estimate of drug-likeness (QED) is 0.141. The van der Waals surface area contributed by atoms with Crippen molar-refractivity contribution >= 4 is 77.8 Å². The van der Waals surface area contributed by atoms with Crippen molar-refractivity contribution in [1.29, 1.82) is 0 Å². The van der Waals surface area contributed by atoms with Crippen molar-refractivity contribution in [2.45, 2.75) is 77.6 Å².